The second kappa shape index (κ2) is 21.9. The summed E-state index contributed by atoms with van der Waals surface area (Å²) >= 11 is 11.9. The van der Waals surface area contributed by atoms with E-state index >= 15 is 0 Å². The third-order valence-electron chi connectivity index (χ3n) is 10.4. The number of nitrogens with two attached hydrogens (primary N) is 3. The molecule has 0 bridgehead atoms. The minimum atomic E-state index is -4.78. The number of aromatic carboxylic acids is 1. The number of hydrogen-bond acceptors (Lipinski definition) is 11. The Morgan fingerprint density at radius 2 is 1.10 bits per heavy atom. The molecule has 1 amide bonds. The van der Waals surface area contributed by atoms with E-state index in [-0.39, 0.29) is 27.1 Å². The second-order valence-electron chi connectivity index (χ2n) is 15.6. The van der Waals surface area contributed by atoms with E-state index in [2.05, 4.69) is 35.5 Å². The first-order valence-electron chi connectivity index (χ1n) is 20.4. The van der Waals surface area contributed by atoms with Crippen molar-refractivity contribution in [3.05, 3.63) is 163 Å². The van der Waals surface area contributed by atoms with Crippen molar-refractivity contribution in [3.8, 4) is 0 Å². The number of hydrogen-bond donors (Lipinski definition) is 5. The Balaban J connectivity index is 0.000000219. The number of nitrogens with one attached hydrogen (secondary N) is 1. The van der Waals surface area contributed by atoms with Crippen LogP contribution >= 0.6 is 23.2 Å². The van der Waals surface area contributed by atoms with Gasteiger partial charge in [0.2, 0.25) is 0 Å². The average molecular weight is 1010 g/mol. The van der Waals surface area contributed by atoms with Crippen molar-refractivity contribution in [1.82, 2.24) is 44.8 Å². The molecule has 0 fully saturated rings. The van der Waals surface area contributed by atoms with Crippen LogP contribution in [0.25, 0.3) is 21.8 Å². The van der Waals surface area contributed by atoms with Gasteiger partial charge < -0.3 is 27.6 Å². The summed E-state index contributed by atoms with van der Waals surface area (Å²) in [6.45, 7) is 7.95. The molecule has 70 heavy (non-hydrogen) atoms. The summed E-state index contributed by atoms with van der Waals surface area (Å²) < 4.78 is 81.7. The molecule has 15 nitrogen and oxygen atoms in total. The zero-order chi connectivity index (χ0) is 50.5. The highest BCUT2D eigenvalue weighted by Crippen LogP contribution is 2.33. The van der Waals surface area contributed by atoms with Gasteiger partial charge in [-0.25, -0.2) is 14.8 Å². The molecule has 6 aromatic heterocycles. The lowest BCUT2D eigenvalue weighted by Crippen LogP contribution is -2.27. The van der Waals surface area contributed by atoms with Gasteiger partial charge in [0.15, 0.2) is 11.4 Å². The maximum absolute atomic E-state index is 13.7. The first-order valence-corrected chi connectivity index (χ1v) is 21.2. The van der Waals surface area contributed by atoms with Gasteiger partial charge in [-0.1, -0.05) is 42.8 Å². The van der Waals surface area contributed by atoms with Crippen LogP contribution in [0.5, 0.6) is 0 Å². The minimum absolute atomic E-state index is 0. The fraction of sp³-hybridized carbons (Fsp3) is 0.234. The third kappa shape index (κ3) is 13.2. The van der Waals surface area contributed by atoms with E-state index in [0.717, 1.165) is 48.7 Å². The Kier molecular flexibility index (Phi) is 16.8. The van der Waals surface area contributed by atoms with Crippen molar-refractivity contribution in [2.24, 2.45) is 5.73 Å². The van der Waals surface area contributed by atoms with E-state index in [0.29, 0.717) is 67.8 Å². The Morgan fingerprint density at radius 3 is 1.50 bits per heavy atom. The molecule has 2 aromatic carbocycles. The first-order chi connectivity index (χ1) is 32.4. The molecule has 0 spiro atoms. The van der Waals surface area contributed by atoms with Gasteiger partial charge in [-0.3, -0.25) is 24.1 Å². The van der Waals surface area contributed by atoms with Crippen molar-refractivity contribution in [3.63, 3.8) is 0 Å². The predicted octanol–water partition coefficient (Wildman–Crippen LogP) is 9.90. The topological polar surface area (TPSA) is 232 Å². The number of benzene rings is 2. The SMILES string of the molecule is C.Cc1cc(N)nc(C)c1CN.Cc1cc(N)nc(C)c1CNC(=O)c1nn(Cc2ccc3ncc(Cl)cc3c2)cc1C(F)(F)F.O=C(O)c1nn(Cc2ccc3ncc(Cl)cc3c2)cc1C(F)(F)F. The van der Waals surface area contributed by atoms with Crippen molar-refractivity contribution in [2.75, 3.05) is 11.5 Å². The maximum atomic E-state index is 13.7. The number of carbonyl (C=O) groups is 2. The van der Waals surface area contributed by atoms with Crippen LogP contribution in [0.1, 0.15) is 84.3 Å². The van der Waals surface area contributed by atoms with E-state index in [1.165, 1.54) is 12.4 Å². The van der Waals surface area contributed by atoms with Gasteiger partial charge in [0, 0.05) is 60.0 Å². The zero-order valence-electron chi connectivity index (χ0n) is 37.0. The largest absolute Gasteiger partial charge is 0.476 e. The monoisotopic (exact) mass is 1010 g/mol. The van der Waals surface area contributed by atoms with E-state index in [4.69, 9.17) is 45.5 Å². The zero-order valence-corrected chi connectivity index (χ0v) is 38.5. The van der Waals surface area contributed by atoms with Gasteiger partial charge in [0.25, 0.3) is 5.91 Å². The number of fused-ring (bicyclic) bond motifs is 2. The molecule has 0 atom stereocenters. The lowest BCUT2D eigenvalue weighted by Gasteiger charge is -2.11. The number of nitrogens with zero attached hydrogens (tertiary/aromatic N) is 8. The fourth-order valence-corrected chi connectivity index (χ4v) is 7.56. The molecular weight excluding hydrogens is 965 g/mol. The maximum Gasteiger partial charge on any atom is 0.420 e. The number of carboxylic acid groups (broad SMARTS) is 1. The molecule has 0 aliphatic carbocycles. The molecule has 0 radical (unpaired) electrons. The standard InChI is InChI=1S/C23H20ClF3N6O.C15H9ClF3N3O2.C8H13N3.CH4/c1-12-5-20(28)31-13(2)17(12)9-30-22(34)21-18(23(25,26)27)11-33(32-21)10-14-3-4-19-15(6-14)7-16(24)8-29-19;16-10-4-9-3-8(1-2-12(9)20-5-10)6-22-7-11(15(17,18)19)13(21-22)14(23)24;1-5-3-8(10)11-6(2)7(5)4-9;/h3-8,11H,9-10H2,1-2H3,(H2,28,31)(H,30,34);1-5,7H,6H2,(H,23,24);3H,4,9H2,1-2H3,(H2,10,11);1H4. The summed E-state index contributed by atoms with van der Waals surface area (Å²) in [5.74, 6) is -1.76. The Bertz CT molecular complexity index is 3170. The number of alkyl halides is 6. The number of aromatic nitrogens is 8. The van der Waals surface area contributed by atoms with E-state index in [9.17, 15) is 35.9 Å². The van der Waals surface area contributed by atoms with Crippen molar-refractivity contribution >= 4 is 68.5 Å². The van der Waals surface area contributed by atoms with Crippen LogP contribution < -0.4 is 22.5 Å². The molecule has 6 heterocycles. The molecule has 23 heteroatoms. The highest BCUT2D eigenvalue weighted by Gasteiger charge is 2.39. The van der Waals surface area contributed by atoms with Crippen LogP contribution in [0.15, 0.2) is 85.5 Å². The molecule has 8 N–H and O–H groups in total. The van der Waals surface area contributed by atoms with E-state index < -0.39 is 46.7 Å². The molecular formula is C47H46Cl2F6N12O3. The molecule has 0 aliphatic rings. The highest BCUT2D eigenvalue weighted by atomic mass is 35.5. The van der Waals surface area contributed by atoms with Crippen LogP contribution in [0.3, 0.4) is 0 Å². The lowest BCUT2D eigenvalue weighted by atomic mass is 10.1. The first kappa shape index (κ1) is 53.6. The summed E-state index contributed by atoms with van der Waals surface area (Å²) in [5.41, 5.74) is 20.5. The van der Waals surface area contributed by atoms with Gasteiger partial charge in [-0.05, 0) is 110 Å². The summed E-state index contributed by atoms with van der Waals surface area (Å²) in [6, 6.07) is 17.2. The number of nitrogen functional groups attached to an aromatic ring is 2. The van der Waals surface area contributed by atoms with Crippen LogP contribution in [0, 0.1) is 27.7 Å². The summed E-state index contributed by atoms with van der Waals surface area (Å²) in [5, 5.41) is 21.2. The molecule has 0 unspecified atom stereocenters. The normalized spacial score (nSPS) is 11.3. The van der Waals surface area contributed by atoms with Crippen LogP contribution in [-0.4, -0.2) is 56.5 Å². The molecule has 0 saturated carbocycles. The molecule has 0 aliphatic heterocycles. The quantitative estimate of drug-likeness (QED) is 0.0851. The lowest BCUT2D eigenvalue weighted by molar-refractivity contribution is -0.138. The summed E-state index contributed by atoms with van der Waals surface area (Å²) in [7, 11) is 0. The number of anilines is 2. The molecule has 0 saturated heterocycles. The van der Waals surface area contributed by atoms with E-state index in [1.807, 2.05) is 19.9 Å². The molecule has 8 aromatic rings. The Hall–Kier alpha value is -7.36. The number of carbonyl (C=O) groups excluding carboxylic acids is 1. The van der Waals surface area contributed by atoms with Gasteiger partial charge in [0.05, 0.1) is 34.2 Å². The number of aryl methyl sites for hydroxylation is 4. The molecule has 8 rings (SSSR count). The Labute approximate surface area is 406 Å². The number of halogens is 8. The predicted molar refractivity (Wildman–Crippen MR) is 255 cm³/mol. The summed E-state index contributed by atoms with van der Waals surface area (Å²) in [4.78, 5) is 40.2. The van der Waals surface area contributed by atoms with Crippen molar-refractivity contribution in [1.29, 1.82) is 0 Å². The van der Waals surface area contributed by atoms with Gasteiger partial charge in [-0.2, -0.15) is 36.5 Å². The number of pyridine rings is 4. The van der Waals surface area contributed by atoms with Gasteiger partial charge in [0.1, 0.15) is 22.8 Å². The summed E-state index contributed by atoms with van der Waals surface area (Å²) in [6.07, 6.45) is -5.01. The van der Waals surface area contributed by atoms with Crippen molar-refractivity contribution < 1.29 is 41.0 Å². The average Bonchev–Trinajstić information content (AvgIpc) is 3.89. The van der Waals surface area contributed by atoms with Crippen LogP contribution in [0.4, 0.5) is 38.0 Å². The number of rotatable bonds is 9. The number of amides is 1. The third-order valence-corrected chi connectivity index (χ3v) is 10.9. The molecule has 368 valence electrons. The van der Waals surface area contributed by atoms with E-state index in [1.54, 1.807) is 68.4 Å². The fourth-order valence-electron chi connectivity index (χ4n) is 7.23. The van der Waals surface area contributed by atoms with Crippen LogP contribution in [-0.2, 0) is 38.5 Å². The highest BCUT2D eigenvalue weighted by molar-refractivity contribution is 6.31. The van der Waals surface area contributed by atoms with Crippen LogP contribution in [0.2, 0.25) is 10.0 Å². The van der Waals surface area contributed by atoms with Crippen molar-refractivity contribution in [2.45, 2.75) is 73.7 Å². The Morgan fingerprint density at radius 1 is 0.671 bits per heavy atom. The number of carboxylic acids is 1. The smallest absolute Gasteiger partial charge is 0.420 e. The van der Waals surface area contributed by atoms with Gasteiger partial charge >= 0.3 is 18.3 Å². The minimum Gasteiger partial charge on any atom is -0.476 e. The second-order valence-corrected chi connectivity index (χ2v) is 16.5. The van der Waals surface area contributed by atoms with Gasteiger partial charge in [-0.15, -0.1) is 0 Å².